The van der Waals surface area contributed by atoms with Gasteiger partial charge < -0.3 is 9.59 Å². The van der Waals surface area contributed by atoms with Crippen molar-refractivity contribution in [1.82, 2.24) is 4.90 Å². The third-order valence-corrected chi connectivity index (χ3v) is 5.51. The molecule has 128 valence electrons. The summed E-state index contributed by atoms with van der Waals surface area (Å²) in [7, 11) is 6.63. The molecule has 1 aromatic rings. The molecule has 1 N–H and O–H groups in total. The van der Waals surface area contributed by atoms with Crippen LogP contribution in [0.15, 0.2) is 24.3 Å². The van der Waals surface area contributed by atoms with Gasteiger partial charge in [0.05, 0.1) is 32.7 Å². The van der Waals surface area contributed by atoms with Crippen molar-refractivity contribution in [2.24, 2.45) is 5.92 Å². The van der Waals surface area contributed by atoms with E-state index in [4.69, 9.17) is 0 Å². The van der Waals surface area contributed by atoms with Crippen LogP contribution in [-0.4, -0.2) is 54.3 Å². The predicted molar refractivity (Wildman–Crippen MR) is 93.5 cm³/mol. The number of carbonyl (C=O) groups is 1. The second-order valence-electron chi connectivity index (χ2n) is 8.15. The maximum atomic E-state index is 12.0. The zero-order valence-corrected chi connectivity index (χ0v) is 15.3. The Labute approximate surface area is 140 Å². The Bertz CT molecular complexity index is 577. The zero-order valence-electron chi connectivity index (χ0n) is 15.3. The number of hydrogen-bond acceptors (Lipinski definition) is 1. The van der Waals surface area contributed by atoms with E-state index in [-0.39, 0.29) is 5.92 Å². The van der Waals surface area contributed by atoms with Gasteiger partial charge in [-0.3, -0.25) is 4.90 Å². The number of nitrogens with zero attached hydrogens (tertiary/aromatic N) is 2. The van der Waals surface area contributed by atoms with Gasteiger partial charge in [-0.1, -0.05) is 43.7 Å². The van der Waals surface area contributed by atoms with Crippen molar-refractivity contribution in [1.29, 1.82) is 0 Å². The summed E-state index contributed by atoms with van der Waals surface area (Å²) >= 11 is 0. The van der Waals surface area contributed by atoms with Crippen LogP contribution in [0.2, 0.25) is 0 Å². The summed E-state index contributed by atoms with van der Waals surface area (Å²) in [6.45, 7) is 6.97. The van der Waals surface area contributed by atoms with Crippen molar-refractivity contribution in [2.75, 3.05) is 27.7 Å². The molecule has 1 aliphatic heterocycles. The summed E-state index contributed by atoms with van der Waals surface area (Å²) < 4.78 is 0.869. The van der Waals surface area contributed by atoms with Crippen LogP contribution in [0, 0.1) is 12.8 Å². The second-order valence-corrected chi connectivity index (χ2v) is 8.15. The highest BCUT2D eigenvalue weighted by molar-refractivity contribution is 5.67. The molecule has 4 nitrogen and oxygen atoms in total. The van der Waals surface area contributed by atoms with E-state index in [2.05, 4.69) is 60.1 Å². The molecule has 0 radical (unpaired) electrons. The Balaban J connectivity index is 2.59. The van der Waals surface area contributed by atoms with Crippen LogP contribution in [0.5, 0.6) is 0 Å². The smallest absolute Gasteiger partial charge is 0.408 e. The summed E-state index contributed by atoms with van der Waals surface area (Å²) in [5.41, 5.74) is 1.86. The Morgan fingerprint density at radius 2 is 2.00 bits per heavy atom. The lowest BCUT2D eigenvalue weighted by atomic mass is 9.70. The van der Waals surface area contributed by atoms with Crippen LogP contribution >= 0.6 is 0 Å². The topological polar surface area (TPSA) is 40.5 Å². The molecule has 2 unspecified atom stereocenters. The number of likely N-dealkylation sites (tertiary alicyclic amines) is 1. The lowest BCUT2D eigenvalue weighted by Gasteiger charge is -2.53. The van der Waals surface area contributed by atoms with Gasteiger partial charge in [0.15, 0.2) is 0 Å². The van der Waals surface area contributed by atoms with Gasteiger partial charge in [0.25, 0.3) is 0 Å². The molecule has 4 heteroatoms. The Kier molecular flexibility index (Phi) is 4.76. The van der Waals surface area contributed by atoms with E-state index in [0.717, 1.165) is 22.9 Å². The first-order valence-corrected chi connectivity index (χ1v) is 8.48. The van der Waals surface area contributed by atoms with Crippen LogP contribution in [0.4, 0.5) is 4.79 Å². The average molecular weight is 319 g/mol. The number of aryl methyl sites for hydroxylation is 1. The van der Waals surface area contributed by atoms with Crippen LogP contribution < -0.4 is 0 Å². The van der Waals surface area contributed by atoms with Gasteiger partial charge in [0.2, 0.25) is 0 Å². The average Bonchev–Trinajstić information content (AvgIpc) is 2.45. The first kappa shape index (κ1) is 17.8. The van der Waals surface area contributed by atoms with Crippen molar-refractivity contribution < 1.29 is 14.4 Å². The maximum Gasteiger partial charge on any atom is 0.408 e. The fraction of sp³-hybridized carbons (Fsp3) is 0.632. The molecule has 2 rings (SSSR count). The summed E-state index contributed by atoms with van der Waals surface area (Å²) in [5.74, 6) is 0.217. The Morgan fingerprint density at radius 1 is 1.35 bits per heavy atom. The molecule has 0 saturated carbocycles. The molecule has 0 aliphatic carbocycles. The predicted octanol–water partition coefficient (Wildman–Crippen LogP) is 3.69. The van der Waals surface area contributed by atoms with Crippen LogP contribution in [-0.2, 0) is 5.54 Å². The second kappa shape index (κ2) is 6.16. The number of benzene rings is 1. The highest BCUT2D eigenvalue weighted by atomic mass is 16.4. The van der Waals surface area contributed by atoms with E-state index in [0.29, 0.717) is 12.6 Å². The third-order valence-electron chi connectivity index (χ3n) is 5.51. The molecule has 2 atom stereocenters. The molecular weight excluding hydrogens is 288 g/mol. The number of rotatable bonds is 3. The van der Waals surface area contributed by atoms with Crippen molar-refractivity contribution in [3.05, 3.63) is 35.4 Å². The van der Waals surface area contributed by atoms with E-state index < -0.39 is 11.6 Å². The maximum absolute atomic E-state index is 12.0. The van der Waals surface area contributed by atoms with Gasteiger partial charge in [0.1, 0.15) is 0 Å². The number of piperidine rings is 1. The molecule has 1 amide bonds. The normalized spacial score (nSPS) is 25.7. The number of hydrogen-bond donors (Lipinski definition) is 1. The monoisotopic (exact) mass is 319 g/mol. The lowest BCUT2D eigenvalue weighted by molar-refractivity contribution is -0.898. The number of carboxylic acid groups (broad SMARTS) is 1. The highest BCUT2D eigenvalue weighted by Gasteiger charge is 2.51. The molecule has 1 saturated heterocycles. The first-order valence-electron chi connectivity index (χ1n) is 8.48. The van der Waals surface area contributed by atoms with Crippen molar-refractivity contribution in [3.8, 4) is 0 Å². The van der Waals surface area contributed by atoms with E-state index in [9.17, 15) is 9.90 Å². The van der Waals surface area contributed by atoms with E-state index in [1.807, 2.05) is 6.07 Å². The molecule has 1 aliphatic rings. The molecule has 1 aromatic carbocycles. The Morgan fingerprint density at radius 3 is 2.48 bits per heavy atom. The van der Waals surface area contributed by atoms with Gasteiger partial charge in [-0.25, -0.2) is 4.79 Å². The fourth-order valence-corrected chi connectivity index (χ4v) is 4.05. The third kappa shape index (κ3) is 3.23. The summed E-state index contributed by atoms with van der Waals surface area (Å²) in [6, 6.07) is 8.83. The fourth-order valence-electron chi connectivity index (χ4n) is 4.05. The Hall–Kier alpha value is -1.55. The molecule has 0 spiro atoms. The first-order chi connectivity index (χ1) is 10.6. The van der Waals surface area contributed by atoms with Gasteiger partial charge in [0, 0.05) is 19.4 Å². The molecule has 0 aromatic heterocycles. The zero-order chi connectivity index (χ0) is 17.4. The summed E-state index contributed by atoms with van der Waals surface area (Å²) in [6.07, 6.45) is 0.972. The molecular formula is C19H31N2O2+. The quantitative estimate of drug-likeness (QED) is 0.863. The van der Waals surface area contributed by atoms with Gasteiger partial charge in [-0.15, -0.1) is 0 Å². The highest BCUT2D eigenvalue weighted by Crippen LogP contribution is 2.45. The van der Waals surface area contributed by atoms with Gasteiger partial charge >= 0.3 is 6.09 Å². The largest absolute Gasteiger partial charge is 0.465 e. The summed E-state index contributed by atoms with van der Waals surface area (Å²) in [5, 5.41) is 9.86. The lowest BCUT2D eigenvalue weighted by Crippen LogP contribution is -2.62. The summed E-state index contributed by atoms with van der Waals surface area (Å²) in [4.78, 5) is 13.7. The standard InChI is InChI=1S/C19H30N2O2/c1-14(2)19(16-9-7-8-15(3)12-16)13-17(21(4,5)6)10-11-20(19)18(22)23/h7-9,12,14,17H,10-11,13H2,1-6H3/p+1. The van der Waals surface area contributed by atoms with Gasteiger partial charge in [-0.2, -0.15) is 0 Å². The SMILES string of the molecule is Cc1cccc(C2(C(C)C)CC([N+](C)(C)C)CCN2C(=O)O)c1. The molecule has 1 fully saturated rings. The van der Waals surface area contributed by atoms with Gasteiger partial charge in [-0.05, 0) is 18.4 Å². The van der Waals surface area contributed by atoms with Crippen LogP contribution in [0.25, 0.3) is 0 Å². The minimum Gasteiger partial charge on any atom is -0.465 e. The van der Waals surface area contributed by atoms with Crippen molar-refractivity contribution in [2.45, 2.75) is 45.2 Å². The molecule has 23 heavy (non-hydrogen) atoms. The minimum atomic E-state index is -0.805. The van der Waals surface area contributed by atoms with E-state index in [1.54, 1.807) is 4.90 Å². The van der Waals surface area contributed by atoms with E-state index in [1.165, 1.54) is 5.56 Å². The van der Waals surface area contributed by atoms with Crippen molar-refractivity contribution >= 4 is 6.09 Å². The number of amides is 1. The number of quaternary nitrogens is 1. The minimum absolute atomic E-state index is 0.217. The molecule has 0 bridgehead atoms. The van der Waals surface area contributed by atoms with Crippen LogP contribution in [0.1, 0.15) is 37.8 Å². The van der Waals surface area contributed by atoms with Crippen LogP contribution in [0.3, 0.4) is 0 Å². The van der Waals surface area contributed by atoms with E-state index >= 15 is 0 Å². The molecule has 1 heterocycles. The van der Waals surface area contributed by atoms with Crippen molar-refractivity contribution in [3.63, 3.8) is 0 Å².